The van der Waals surface area contributed by atoms with Crippen LogP contribution < -0.4 is 10.4 Å². The van der Waals surface area contributed by atoms with Crippen molar-refractivity contribution in [3.05, 3.63) is 142 Å². The van der Waals surface area contributed by atoms with Crippen LogP contribution in [0.15, 0.2) is 119 Å². The topological polar surface area (TPSA) is 139 Å². The summed E-state index contributed by atoms with van der Waals surface area (Å²) in [5.41, 5.74) is 5.65. The Morgan fingerprint density at radius 1 is 0.868 bits per heavy atom. The lowest BCUT2D eigenvalue weighted by Gasteiger charge is -2.44. The van der Waals surface area contributed by atoms with Crippen LogP contribution in [0, 0.1) is 5.92 Å². The number of piperidine rings is 1. The van der Waals surface area contributed by atoms with Crippen molar-refractivity contribution in [2.45, 2.75) is 62.4 Å². The number of aliphatic hydroxyl groups excluding tert-OH is 1. The number of fused-ring (bicyclic) bond motifs is 2. The van der Waals surface area contributed by atoms with E-state index in [0.29, 0.717) is 12.1 Å². The molecule has 0 bridgehead atoms. The number of nitrogens with one attached hydrogen (secondary N) is 2. The number of nitrogens with zero attached hydrogens (tertiary/aromatic N) is 3. The van der Waals surface area contributed by atoms with E-state index in [-0.39, 0.29) is 47.9 Å². The zero-order valence-corrected chi connectivity index (χ0v) is 30.3. The fourth-order valence-corrected chi connectivity index (χ4v) is 8.92. The molecule has 4 aromatic carbocycles. The Hall–Kier alpha value is -4.69. The Bertz CT molecular complexity index is 2360. The van der Waals surface area contributed by atoms with E-state index in [0.717, 1.165) is 64.6 Å². The lowest BCUT2D eigenvalue weighted by atomic mass is 9.89. The molecule has 2 fully saturated rings. The van der Waals surface area contributed by atoms with Crippen molar-refractivity contribution in [3.8, 4) is 0 Å². The highest BCUT2D eigenvalue weighted by Crippen LogP contribution is 2.42. The standard InChI is InChI=1S/C41H43N5O6S/c1-27-36(25-45-22-19-33(20-23-45)46-35-9-3-2-8-34(35)44-41(46)48)51-40(52-39(27)31-15-13-29(26-47)14-16-31)32-17-11-28(12-18-32)24-43-53(49,50)37-10-4-6-30-7-5-21-42-38(30)37/h2-18,21,27,33,36,39-40,43,47H,19-20,22-26H2,1H3,(H,44,48). The molecule has 2 aliphatic heterocycles. The zero-order chi connectivity index (χ0) is 36.5. The van der Waals surface area contributed by atoms with Gasteiger partial charge in [0.15, 0.2) is 6.29 Å². The van der Waals surface area contributed by atoms with E-state index < -0.39 is 16.3 Å². The van der Waals surface area contributed by atoms with Gasteiger partial charge in [0.05, 0.1) is 35.4 Å². The summed E-state index contributed by atoms with van der Waals surface area (Å²) in [5, 5.41) is 10.4. The number of likely N-dealkylation sites (tertiary alicyclic amines) is 1. The summed E-state index contributed by atoms with van der Waals surface area (Å²) < 4.78 is 44.6. The zero-order valence-electron chi connectivity index (χ0n) is 29.5. The molecule has 4 unspecified atom stereocenters. The molecule has 12 heteroatoms. The first-order chi connectivity index (χ1) is 25.8. The largest absolute Gasteiger partial charge is 0.392 e. The van der Waals surface area contributed by atoms with Gasteiger partial charge in [-0.15, -0.1) is 0 Å². The molecule has 53 heavy (non-hydrogen) atoms. The van der Waals surface area contributed by atoms with Gasteiger partial charge in [0.2, 0.25) is 10.0 Å². The molecule has 4 heterocycles. The molecule has 0 radical (unpaired) electrons. The van der Waals surface area contributed by atoms with Gasteiger partial charge < -0.3 is 24.5 Å². The second kappa shape index (κ2) is 15.0. The summed E-state index contributed by atoms with van der Waals surface area (Å²) in [6, 6.07) is 32.2. The molecule has 11 nitrogen and oxygen atoms in total. The van der Waals surface area contributed by atoms with Crippen molar-refractivity contribution in [1.29, 1.82) is 0 Å². The molecule has 0 spiro atoms. The number of aromatic amines is 1. The van der Waals surface area contributed by atoms with Crippen LogP contribution in [-0.2, 0) is 32.6 Å². The number of imidazole rings is 1. The Kier molecular flexibility index (Phi) is 9.99. The predicted octanol–water partition coefficient (Wildman–Crippen LogP) is 5.98. The first kappa shape index (κ1) is 35.3. The summed E-state index contributed by atoms with van der Waals surface area (Å²) in [5.74, 6) is 0.0254. The van der Waals surface area contributed by atoms with Crippen molar-refractivity contribution in [1.82, 2.24) is 24.2 Å². The van der Waals surface area contributed by atoms with E-state index >= 15 is 0 Å². The Balaban J connectivity index is 0.972. The molecule has 6 aromatic rings. The molecule has 2 aromatic heterocycles. The van der Waals surface area contributed by atoms with E-state index in [2.05, 4.69) is 26.5 Å². The van der Waals surface area contributed by atoms with Crippen LogP contribution in [0.1, 0.15) is 60.5 Å². The highest BCUT2D eigenvalue weighted by molar-refractivity contribution is 7.89. The van der Waals surface area contributed by atoms with Crippen LogP contribution in [0.25, 0.3) is 21.9 Å². The minimum atomic E-state index is -3.82. The van der Waals surface area contributed by atoms with Gasteiger partial charge in [-0.3, -0.25) is 9.55 Å². The van der Waals surface area contributed by atoms with Crippen LogP contribution >= 0.6 is 0 Å². The van der Waals surface area contributed by atoms with Crippen LogP contribution in [0.3, 0.4) is 0 Å². The monoisotopic (exact) mass is 733 g/mol. The third kappa shape index (κ3) is 7.30. The van der Waals surface area contributed by atoms with Gasteiger partial charge >= 0.3 is 5.69 Å². The van der Waals surface area contributed by atoms with E-state index in [1.807, 2.05) is 89.5 Å². The fourth-order valence-electron chi connectivity index (χ4n) is 7.72. The van der Waals surface area contributed by atoms with Crippen molar-refractivity contribution in [3.63, 3.8) is 0 Å². The molecule has 0 amide bonds. The predicted molar refractivity (Wildman–Crippen MR) is 202 cm³/mol. The quantitative estimate of drug-likeness (QED) is 0.157. The van der Waals surface area contributed by atoms with Crippen LogP contribution in [0.4, 0.5) is 0 Å². The van der Waals surface area contributed by atoms with Crippen molar-refractivity contribution in [2.75, 3.05) is 19.6 Å². The van der Waals surface area contributed by atoms with Crippen LogP contribution in [0.2, 0.25) is 0 Å². The summed E-state index contributed by atoms with van der Waals surface area (Å²) in [6.45, 7) is 4.62. The van der Waals surface area contributed by atoms with E-state index in [1.165, 1.54) is 0 Å². The molecule has 0 aliphatic carbocycles. The van der Waals surface area contributed by atoms with Gasteiger partial charge in [-0.2, -0.15) is 0 Å². The number of sulfonamides is 1. The van der Waals surface area contributed by atoms with Crippen LogP contribution in [0.5, 0.6) is 0 Å². The van der Waals surface area contributed by atoms with Crippen molar-refractivity contribution < 1.29 is 23.0 Å². The smallest absolute Gasteiger partial charge is 0.326 e. The molecule has 3 N–H and O–H groups in total. The third-order valence-electron chi connectivity index (χ3n) is 10.7. The highest BCUT2D eigenvalue weighted by atomic mass is 32.2. The lowest BCUT2D eigenvalue weighted by Crippen LogP contribution is -2.47. The molecule has 2 saturated heterocycles. The maximum atomic E-state index is 13.3. The van der Waals surface area contributed by atoms with Gasteiger partial charge in [-0.25, -0.2) is 17.9 Å². The molecule has 0 saturated carbocycles. The van der Waals surface area contributed by atoms with Gasteiger partial charge in [0, 0.05) is 55.3 Å². The molecular weight excluding hydrogens is 691 g/mol. The maximum absolute atomic E-state index is 13.3. The number of ether oxygens (including phenoxy) is 2. The summed E-state index contributed by atoms with van der Waals surface area (Å²) >= 11 is 0. The van der Waals surface area contributed by atoms with E-state index in [1.54, 1.807) is 24.4 Å². The van der Waals surface area contributed by atoms with Gasteiger partial charge in [0.1, 0.15) is 4.90 Å². The number of rotatable bonds is 10. The van der Waals surface area contributed by atoms with Gasteiger partial charge in [-0.1, -0.05) is 85.8 Å². The maximum Gasteiger partial charge on any atom is 0.326 e. The Labute approximate surface area is 308 Å². The summed E-state index contributed by atoms with van der Waals surface area (Å²) in [6.07, 6.45) is 2.26. The average Bonchev–Trinajstić information content (AvgIpc) is 3.53. The van der Waals surface area contributed by atoms with Crippen molar-refractivity contribution >= 4 is 32.0 Å². The third-order valence-corrected chi connectivity index (χ3v) is 12.1. The van der Waals surface area contributed by atoms with Gasteiger partial charge in [-0.05, 0) is 53.8 Å². The number of aliphatic hydroxyl groups is 1. The fraction of sp³-hybridized carbons (Fsp3) is 0.317. The lowest BCUT2D eigenvalue weighted by molar-refractivity contribution is -0.276. The number of aromatic nitrogens is 3. The number of hydrogen-bond acceptors (Lipinski definition) is 8. The second-order valence-corrected chi connectivity index (χ2v) is 15.8. The minimum Gasteiger partial charge on any atom is -0.392 e. The van der Waals surface area contributed by atoms with Crippen molar-refractivity contribution in [2.24, 2.45) is 5.92 Å². The molecule has 4 atom stereocenters. The Morgan fingerprint density at radius 2 is 1.58 bits per heavy atom. The summed E-state index contributed by atoms with van der Waals surface area (Å²) in [4.78, 5) is 22.7. The number of H-pyrrole nitrogens is 1. The molecule has 274 valence electrons. The molecule has 2 aliphatic rings. The first-order valence-corrected chi connectivity index (χ1v) is 19.6. The van der Waals surface area contributed by atoms with Crippen LogP contribution in [-0.4, -0.2) is 58.7 Å². The number of pyridine rings is 1. The van der Waals surface area contributed by atoms with Gasteiger partial charge in [0.25, 0.3) is 0 Å². The molecule has 8 rings (SSSR count). The number of para-hydroxylation sites is 3. The molecular formula is C41H43N5O6S. The second-order valence-electron chi connectivity index (χ2n) is 14.1. The highest BCUT2D eigenvalue weighted by Gasteiger charge is 2.39. The Morgan fingerprint density at radius 3 is 2.36 bits per heavy atom. The normalized spacial score (nSPS) is 21.7. The SMILES string of the molecule is CC1C(CN2CCC(n3c(=O)[nH]c4ccccc43)CC2)OC(c2ccc(CNS(=O)(=O)c3cccc4cccnc34)cc2)OC1c1ccc(CO)cc1. The van der Waals surface area contributed by atoms with E-state index in [4.69, 9.17) is 9.47 Å². The first-order valence-electron chi connectivity index (χ1n) is 18.1. The average molecular weight is 734 g/mol. The number of hydrogen-bond donors (Lipinski definition) is 3. The summed E-state index contributed by atoms with van der Waals surface area (Å²) in [7, 11) is -3.82. The minimum absolute atomic E-state index is 0.0254. The number of benzene rings is 4. The van der Waals surface area contributed by atoms with E-state index in [9.17, 15) is 18.3 Å².